The zero-order valence-electron chi connectivity index (χ0n) is 8.62. The van der Waals surface area contributed by atoms with Gasteiger partial charge in [0, 0.05) is 18.2 Å². The Morgan fingerprint density at radius 1 is 1.64 bits per heavy atom. The van der Waals surface area contributed by atoms with Gasteiger partial charge in [-0.1, -0.05) is 0 Å². The van der Waals surface area contributed by atoms with E-state index in [1.165, 1.54) is 12.8 Å². The Kier molecular flexibility index (Phi) is 2.06. The Labute approximate surface area is 83.6 Å². The van der Waals surface area contributed by atoms with Gasteiger partial charge in [0.2, 0.25) is 0 Å². The van der Waals surface area contributed by atoms with E-state index < -0.39 is 0 Å². The van der Waals surface area contributed by atoms with Gasteiger partial charge in [-0.15, -0.1) is 0 Å². The summed E-state index contributed by atoms with van der Waals surface area (Å²) >= 11 is 0. The molecule has 0 spiro atoms. The molecule has 0 amide bonds. The van der Waals surface area contributed by atoms with Crippen LogP contribution in [0.5, 0.6) is 0 Å². The number of nitrogens with two attached hydrogens (primary N) is 1. The molecule has 1 saturated carbocycles. The molecular formula is C10H16N4. The first-order valence-electron chi connectivity index (χ1n) is 5.03. The molecule has 1 aliphatic carbocycles. The summed E-state index contributed by atoms with van der Waals surface area (Å²) in [5.41, 5.74) is 7.36. The van der Waals surface area contributed by atoms with Crippen LogP contribution < -0.4 is 5.73 Å². The first-order chi connectivity index (χ1) is 6.59. The Morgan fingerprint density at radius 3 is 2.71 bits per heavy atom. The quantitative estimate of drug-likeness (QED) is 0.564. The lowest BCUT2D eigenvalue weighted by molar-refractivity contribution is 0.526. The number of amidine groups is 1. The molecule has 14 heavy (non-hydrogen) atoms. The zero-order valence-corrected chi connectivity index (χ0v) is 8.62. The summed E-state index contributed by atoms with van der Waals surface area (Å²) in [4.78, 5) is 0. The molecule has 3 N–H and O–H groups in total. The second-order valence-electron chi connectivity index (χ2n) is 4.19. The highest BCUT2D eigenvalue weighted by atomic mass is 15.3. The Hall–Kier alpha value is -1.32. The number of nitrogen functional groups attached to an aromatic ring is 1. The molecule has 0 aliphatic heterocycles. The van der Waals surface area contributed by atoms with Gasteiger partial charge in [-0.25, -0.2) is 0 Å². The highest BCUT2D eigenvalue weighted by Crippen LogP contribution is 2.40. The molecule has 2 rings (SSSR count). The van der Waals surface area contributed by atoms with Gasteiger partial charge < -0.3 is 5.73 Å². The number of nitrogens with one attached hydrogen (secondary N) is 1. The SMILES string of the molecule is CC(C)n1cc(C(=N)N)c(C2CC2)n1. The van der Waals surface area contributed by atoms with Crippen LogP contribution in [0.25, 0.3) is 0 Å². The van der Waals surface area contributed by atoms with Crippen molar-refractivity contribution in [2.24, 2.45) is 5.73 Å². The molecule has 1 fully saturated rings. The maximum Gasteiger partial charge on any atom is 0.126 e. The molecule has 0 unspecified atom stereocenters. The van der Waals surface area contributed by atoms with Crippen molar-refractivity contribution in [3.8, 4) is 0 Å². The average Bonchev–Trinajstić information content (AvgIpc) is 2.83. The highest BCUT2D eigenvalue weighted by molar-refractivity contribution is 5.96. The van der Waals surface area contributed by atoms with E-state index in [0.717, 1.165) is 11.3 Å². The van der Waals surface area contributed by atoms with Gasteiger partial charge in [-0.3, -0.25) is 10.1 Å². The predicted octanol–water partition coefficient (Wildman–Crippen LogP) is 1.63. The fraction of sp³-hybridized carbons (Fsp3) is 0.600. The summed E-state index contributed by atoms with van der Waals surface area (Å²) in [7, 11) is 0. The van der Waals surface area contributed by atoms with Crippen molar-refractivity contribution < 1.29 is 0 Å². The molecule has 4 nitrogen and oxygen atoms in total. The predicted molar refractivity (Wildman–Crippen MR) is 55.6 cm³/mol. The number of rotatable bonds is 3. The van der Waals surface area contributed by atoms with Crippen molar-refractivity contribution in [1.82, 2.24) is 9.78 Å². The highest BCUT2D eigenvalue weighted by Gasteiger charge is 2.30. The van der Waals surface area contributed by atoms with Gasteiger partial charge in [-0.05, 0) is 26.7 Å². The van der Waals surface area contributed by atoms with Crippen molar-refractivity contribution in [2.45, 2.75) is 38.6 Å². The number of nitrogens with zero attached hydrogens (tertiary/aromatic N) is 2. The Morgan fingerprint density at radius 2 is 2.29 bits per heavy atom. The molecule has 4 heteroatoms. The van der Waals surface area contributed by atoms with E-state index in [9.17, 15) is 0 Å². The minimum Gasteiger partial charge on any atom is -0.384 e. The first kappa shape index (κ1) is 9.24. The Bertz CT molecular complexity index is 360. The molecule has 0 aromatic carbocycles. The van der Waals surface area contributed by atoms with E-state index in [2.05, 4.69) is 18.9 Å². The molecular weight excluding hydrogens is 176 g/mol. The molecule has 0 saturated heterocycles. The smallest absolute Gasteiger partial charge is 0.126 e. The number of aromatic nitrogens is 2. The van der Waals surface area contributed by atoms with E-state index in [0.29, 0.717) is 12.0 Å². The van der Waals surface area contributed by atoms with Gasteiger partial charge in [0.1, 0.15) is 5.84 Å². The van der Waals surface area contributed by atoms with Crippen LogP contribution in [0.4, 0.5) is 0 Å². The van der Waals surface area contributed by atoms with Crippen molar-refractivity contribution in [2.75, 3.05) is 0 Å². The summed E-state index contributed by atoms with van der Waals surface area (Å²) in [5, 5.41) is 12.0. The van der Waals surface area contributed by atoms with Gasteiger partial charge in [0.25, 0.3) is 0 Å². The van der Waals surface area contributed by atoms with Crippen LogP contribution in [-0.4, -0.2) is 15.6 Å². The van der Waals surface area contributed by atoms with Crippen LogP contribution in [0.3, 0.4) is 0 Å². The molecule has 76 valence electrons. The maximum atomic E-state index is 7.48. The van der Waals surface area contributed by atoms with Crippen molar-refractivity contribution in [1.29, 1.82) is 5.41 Å². The fourth-order valence-electron chi connectivity index (χ4n) is 1.54. The summed E-state index contributed by atoms with van der Waals surface area (Å²) < 4.78 is 1.89. The molecule has 1 aromatic rings. The molecule has 0 bridgehead atoms. The average molecular weight is 192 g/mol. The second-order valence-corrected chi connectivity index (χ2v) is 4.19. The lowest BCUT2D eigenvalue weighted by Crippen LogP contribution is -2.12. The van der Waals surface area contributed by atoms with Crippen LogP contribution in [0.1, 0.15) is 49.9 Å². The second kappa shape index (κ2) is 3.12. The van der Waals surface area contributed by atoms with Gasteiger partial charge in [-0.2, -0.15) is 5.10 Å². The van der Waals surface area contributed by atoms with E-state index in [4.69, 9.17) is 11.1 Å². The molecule has 1 aliphatic rings. The van der Waals surface area contributed by atoms with Crippen LogP contribution in [0, 0.1) is 5.41 Å². The fourth-order valence-corrected chi connectivity index (χ4v) is 1.54. The first-order valence-corrected chi connectivity index (χ1v) is 5.03. The van der Waals surface area contributed by atoms with Crippen LogP contribution >= 0.6 is 0 Å². The third-order valence-electron chi connectivity index (χ3n) is 2.54. The summed E-state index contributed by atoms with van der Waals surface area (Å²) in [6.07, 6.45) is 4.27. The minimum atomic E-state index is 0.138. The van der Waals surface area contributed by atoms with Crippen LogP contribution in [-0.2, 0) is 0 Å². The van der Waals surface area contributed by atoms with Crippen molar-refractivity contribution in [3.63, 3.8) is 0 Å². The summed E-state index contributed by atoms with van der Waals surface area (Å²) in [5.74, 6) is 0.688. The summed E-state index contributed by atoms with van der Waals surface area (Å²) in [6.45, 7) is 4.15. The van der Waals surface area contributed by atoms with Gasteiger partial charge in [0.05, 0.1) is 11.3 Å². The normalized spacial score (nSPS) is 16.2. The third-order valence-corrected chi connectivity index (χ3v) is 2.54. The third kappa shape index (κ3) is 1.52. The van der Waals surface area contributed by atoms with Gasteiger partial charge >= 0.3 is 0 Å². The van der Waals surface area contributed by atoms with E-state index in [1.807, 2.05) is 10.9 Å². The van der Waals surface area contributed by atoms with Crippen LogP contribution in [0.15, 0.2) is 6.20 Å². The lowest BCUT2D eigenvalue weighted by atomic mass is 10.2. The van der Waals surface area contributed by atoms with Gasteiger partial charge in [0.15, 0.2) is 0 Å². The summed E-state index contributed by atoms with van der Waals surface area (Å²) in [6, 6.07) is 0.334. The Balaban J connectivity index is 2.40. The molecule has 0 radical (unpaired) electrons. The van der Waals surface area contributed by atoms with E-state index in [-0.39, 0.29) is 5.84 Å². The molecule has 1 heterocycles. The van der Waals surface area contributed by atoms with Crippen LogP contribution in [0.2, 0.25) is 0 Å². The monoisotopic (exact) mass is 192 g/mol. The topological polar surface area (TPSA) is 67.7 Å². The number of hydrogen-bond acceptors (Lipinski definition) is 2. The van der Waals surface area contributed by atoms with Crippen molar-refractivity contribution >= 4 is 5.84 Å². The standard InChI is InChI=1S/C10H16N4/c1-6(2)14-5-8(10(11)12)9(13-14)7-3-4-7/h5-7H,3-4H2,1-2H3,(H3,11,12). The minimum absolute atomic E-state index is 0.138. The molecule has 0 atom stereocenters. The molecule has 1 aromatic heterocycles. The van der Waals surface area contributed by atoms with E-state index in [1.54, 1.807) is 0 Å². The largest absolute Gasteiger partial charge is 0.384 e. The maximum absolute atomic E-state index is 7.48. The lowest BCUT2D eigenvalue weighted by Gasteiger charge is -2.02. The van der Waals surface area contributed by atoms with E-state index >= 15 is 0 Å². The number of hydrogen-bond donors (Lipinski definition) is 2. The zero-order chi connectivity index (χ0) is 10.3. The van der Waals surface area contributed by atoms with Crippen molar-refractivity contribution in [3.05, 3.63) is 17.5 Å².